The van der Waals surface area contributed by atoms with E-state index in [0.29, 0.717) is 23.7 Å². The van der Waals surface area contributed by atoms with Crippen LogP contribution in [0.25, 0.3) is 27.5 Å². The standard InChI is InChI=1S/C19H18N4O4/c24-9-11-5-12(7-16(11)25)22-8-13-15-6-10-3-1-2-4-14(10)23(15)19(27)21-17(13)20-18(22)26/h1-4,6,8,11-12,16,24-25H,5,7,9H2,(H,20,21,26,27)/t11-,12-,16+/m1/s1. The minimum absolute atomic E-state index is 0.116. The Morgan fingerprint density at radius 2 is 2.00 bits per heavy atom. The third kappa shape index (κ3) is 2.34. The number of aliphatic hydroxyl groups is 2. The highest BCUT2D eigenvalue weighted by Gasteiger charge is 2.34. The molecular formula is C19H18N4O4. The predicted octanol–water partition coefficient (Wildman–Crippen LogP) is 0.795. The van der Waals surface area contributed by atoms with Gasteiger partial charge < -0.3 is 10.2 Å². The van der Waals surface area contributed by atoms with Crippen LogP contribution >= 0.6 is 0 Å². The van der Waals surface area contributed by atoms with Crippen LogP contribution in [0.2, 0.25) is 0 Å². The van der Waals surface area contributed by atoms with E-state index < -0.39 is 11.8 Å². The second kappa shape index (κ2) is 5.77. The molecule has 8 heteroatoms. The summed E-state index contributed by atoms with van der Waals surface area (Å²) in [7, 11) is 0. The van der Waals surface area contributed by atoms with E-state index in [1.165, 1.54) is 4.57 Å². The van der Waals surface area contributed by atoms with Crippen LogP contribution in [0.4, 0.5) is 0 Å². The largest absolute Gasteiger partial charge is 0.396 e. The van der Waals surface area contributed by atoms with Crippen molar-refractivity contribution in [2.24, 2.45) is 5.92 Å². The minimum Gasteiger partial charge on any atom is -0.396 e. The first-order valence-corrected chi connectivity index (χ1v) is 8.91. The van der Waals surface area contributed by atoms with Gasteiger partial charge in [-0.15, -0.1) is 0 Å². The summed E-state index contributed by atoms with van der Waals surface area (Å²) >= 11 is 0. The zero-order valence-electron chi connectivity index (χ0n) is 14.4. The zero-order valence-corrected chi connectivity index (χ0v) is 14.4. The van der Waals surface area contributed by atoms with Crippen molar-refractivity contribution in [2.75, 3.05) is 6.61 Å². The first-order valence-electron chi connectivity index (χ1n) is 8.91. The van der Waals surface area contributed by atoms with Crippen LogP contribution in [0.3, 0.4) is 0 Å². The fourth-order valence-corrected chi connectivity index (χ4v) is 4.24. The Bertz CT molecular complexity index is 1300. The molecule has 3 N–H and O–H groups in total. The normalized spacial score (nSPS) is 23.0. The lowest BCUT2D eigenvalue weighted by atomic mass is 10.1. The molecule has 0 bridgehead atoms. The Morgan fingerprint density at radius 1 is 1.19 bits per heavy atom. The van der Waals surface area contributed by atoms with Crippen molar-refractivity contribution >= 4 is 27.5 Å². The first-order chi connectivity index (χ1) is 13.1. The second-order valence-corrected chi connectivity index (χ2v) is 7.18. The summed E-state index contributed by atoms with van der Waals surface area (Å²) in [5.41, 5.74) is 0.877. The van der Waals surface area contributed by atoms with Gasteiger partial charge in [-0.1, -0.05) is 18.2 Å². The summed E-state index contributed by atoms with van der Waals surface area (Å²) in [6.07, 6.45) is 1.95. The van der Waals surface area contributed by atoms with Crippen LogP contribution in [0.15, 0.2) is 46.1 Å². The monoisotopic (exact) mass is 366 g/mol. The average molecular weight is 366 g/mol. The molecule has 0 saturated heterocycles. The number of fused-ring (bicyclic) bond motifs is 5. The highest BCUT2D eigenvalue weighted by atomic mass is 16.3. The number of hydrogen-bond donors (Lipinski definition) is 3. The van der Waals surface area contributed by atoms with E-state index in [1.54, 1.807) is 10.6 Å². The van der Waals surface area contributed by atoms with Crippen molar-refractivity contribution in [3.63, 3.8) is 0 Å². The van der Waals surface area contributed by atoms with E-state index in [9.17, 15) is 19.8 Å². The number of hydrogen-bond acceptors (Lipinski definition) is 5. The number of aromatic amines is 1. The molecule has 27 heavy (non-hydrogen) atoms. The molecule has 0 aliphatic heterocycles. The number of aromatic nitrogens is 4. The zero-order chi connectivity index (χ0) is 18.7. The van der Waals surface area contributed by atoms with Crippen molar-refractivity contribution < 1.29 is 10.2 Å². The van der Waals surface area contributed by atoms with Crippen molar-refractivity contribution in [3.05, 3.63) is 57.5 Å². The smallest absolute Gasteiger partial charge is 0.349 e. The van der Waals surface area contributed by atoms with Crippen LogP contribution in [0.5, 0.6) is 0 Å². The van der Waals surface area contributed by atoms with Crippen LogP contribution in [-0.4, -0.2) is 41.9 Å². The van der Waals surface area contributed by atoms with Gasteiger partial charge in [-0.25, -0.2) is 9.59 Å². The third-order valence-corrected chi connectivity index (χ3v) is 5.63. The number of H-pyrrole nitrogens is 1. The Hall–Kier alpha value is -2.97. The highest BCUT2D eigenvalue weighted by molar-refractivity contribution is 5.98. The maximum absolute atomic E-state index is 12.5. The molecule has 3 heterocycles. The van der Waals surface area contributed by atoms with Gasteiger partial charge in [0.25, 0.3) is 0 Å². The fourth-order valence-electron chi connectivity index (χ4n) is 4.24. The van der Waals surface area contributed by atoms with Gasteiger partial charge in [-0.2, -0.15) is 4.98 Å². The molecule has 1 aliphatic rings. The summed E-state index contributed by atoms with van der Waals surface area (Å²) in [6.45, 7) is -0.116. The number of rotatable bonds is 2. The first kappa shape index (κ1) is 16.2. The van der Waals surface area contributed by atoms with Gasteiger partial charge in [-0.05, 0) is 25.0 Å². The van der Waals surface area contributed by atoms with Gasteiger partial charge in [0.15, 0.2) is 5.65 Å². The molecule has 5 rings (SSSR count). The summed E-state index contributed by atoms with van der Waals surface area (Å²) in [5, 5.41) is 21.1. The minimum atomic E-state index is -0.644. The lowest BCUT2D eigenvalue weighted by Gasteiger charge is -2.14. The van der Waals surface area contributed by atoms with Gasteiger partial charge >= 0.3 is 11.4 Å². The molecule has 138 valence electrons. The van der Waals surface area contributed by atoms with Gasteiger partial charge in [0.2, 0.25) is 0 Å². The van der Waals surface area contributed by atoms with Crippen LogP contribution in [0.1, 0.15) is 18.9 Å². The quantitative estimate of drug-likeness (QED) is 0.486. The molecule has 1 aliphatic carbocycles. The number of nitrogens with zero attached hydrogens (tertiary/aromatic N) is 3. The van der Waals surface area contributed by atoms with Crippen molar-refractivity contribution in [2.45, 2.75) is 25.0 Å². The molecule has 0 radical (unpaired) electrons. The Kier molecular flexibility index (Phi) is 3.46. The van der Waals surface area contributed by atoms with Crippen LogP contribution < -0.4 is 11.4 Å². The lowest BCUT2D eigenvalue weighted by Crippen LogP contribution is -2.27. The van der Waals surface area contributed by atoms with E-state index in [2.05, 4.69) is 9.97 Å². The topological polar surface area (TPSA) is 113 Å². The second-order valence-electron chi connectivity index (χ2n) is 7.18. The molecular weight excluding hydrogens is 348 g/mol. The molecule has 0 unspecified atom stereocenters. The summed E-state index contributed by atoms with van der Waals surface area (Å²) in [4.78, 5) is 31.8. The molecule has 3 atom stereocenters. The predicted molar refractivity (Wildman–Crippen MR) is 99.9 cm³/mol. The number of aliphatic hydroxyl groups excluding tert-OH is 2. The molecule has 1 fully saturated rings. The Balaban J connectivity index is 1.79. The van der Waals surface area contributed by atoms with E-state index in [0.717, 1.165) is 10.9 Å². The molecule has 0 amide bonds. The maximum Gasteiger partial charge on any atom is 0.349 e. The lowest BCUT2D eigenvalue weighted by molar-refractivity contribution is 0.0906. The molecule has 4 aromatic rings. The van der Waals surface area contributed by atoms with Crippen molar-refractivity contribution in [1.82, 2.24) is 18.9 Å². The SMILES string of the molecule is O=c1nc2[nH]c(=O)n3c4ccccc4cc3c2cn1[C@@H]1C[C@H](CO)[C@@H](O)C1. The molecule has 3 aromatic heterocycles. The highest BCUT2D eigenvalue weighted by Crippen LogP contribution is 2.34. The van der Waals surface area contributed by atoms with Crippen LogP contribution in [0, 0.1) is 5.92 Å². The molecule has 1 aromatic carbocycles. The van der Waals surface area contributed by atoms with Gasteiger partial charge in [0.05, 0.1) is 22.5 Å². The Labute approximate surface area is 152 Å². The van der Waals surface area contributed by atoms with E-state index in [-0.39, 0.29) is 29.9 Å². The maximum atomic E-state index is 12.5. The average Bonchev–Trinajstić information content (AvgIpc) is 3.22. The summed E-state index contributed by atoms with van der Waals surface area (Å²) in [5.74, 6) is -0.246. The van der Waals surface area contributed by atoms with Gasteiger partial charge in [-0.3, -0.25) is 14.0 Å². The number of nitrogens with one attached hydrogen (secondary N) is 1. The summed E-state index contributed by atoms with van der Waals surface area (Å²) < 4.78 is 3.09. The fraction of sp³-hybridized carbons (Fsp3) is 0.316. The van der Waals surface area contributed by atoms with Crippen molar-refractivity contribution in [1.29, 1.82) is 0 Å². The third-order valence-electron chi connectivity index (χ3n) is 5.63. The van der Waals surface area contributed by atoms with Crippen LogP contribution in [-0.2, 0) is 0 Å². The summed E-state index contributed by atoms with van der Waals surface area (Å²) in [6, 6.07) is 9.23. The molecule has 8 nitrogen and oxygen atoms in total. The van der Waals surface area contributed by atoms with E-state index >= 15 is 0 Å². The van der Waals surface area contributed by atoms with Crippen molar-refractivity contribution in [3.8, 4) is 0 Å². The van der Waals surface area contributed by atoms with E-state index in [1.807, 2.05) is 30.3 Å². The Morgan fingerprint density at radius 3 is 2.78 bits per heavy atom. The number of benzene rings is 1. The number of para-hydroxylation sites is 1. The molecule has 0 spiro atoms. The molecule has 1 saturated carbocycles. The van der Waals surface area contributed by atoms with E-state index in [4.69, 9.17) is 0 Å². The van der Waals surface area contributed by atoms with Gasteiger partial charge in [0, 0.05) is 30.1 Å². The van der Waals surface area contributed by atoms with Gasteiger partial charge in [0.1, 0.15) is 0 Å².